The van der Waals surface area contributed by atoms with Crippen molar-refractivity contribution in [1.29, 1.82) is 0 Å². The SMILES string of the molecule is Cc1ccc(S(=O)(=O)CCC(=O)OCC(=O)N2C[C@@]3(C)C[C@@H]2CC(C)(C)C3)cc1. The van der Waals surface area contributed by atoms with Gasteiger partial charge >= 0.3 is 5.97 Å². The molecule has 0 radical (unpaired) electrons. The highest BCUT2D eigenvalue weighted by molar-refractivity contribution is 7.91. The van der Waals surface area contributed by atoms with Crippen LogP contribution in [-0.2, 0) is 24.2 Å². The summed E-state index contributed by atoms with van der Waals surface area (Å²) in [7, 11) is -3.56. The van der Waals surface area contributed by atoms with E-state index in [1.807, 2.05) is 11.8 Å². The Hall–Kier alpha value is -1.89. The lowest BCUT2D eigenvalue weighted by molar-refractivity contribution is -0.152. The van der Waals surface area contributed by atoms with Crippen molar-refractivity contribution in [3.8, 4) is 0 Å². The van der Waals surface area contributed by atoms with E-state index in [2.05, 4.69) is 20.8 Å². The van der Waals surface area contributed by atoms with E-state index >= 15 is 0 Å². The van der Waals surface area contributed by atoms with Crippen LogP contribution in [0.4, 0.5) is 0 Å². The maximum atomic E-state index is 12.6. The summed E-state index contributed by atoms with van der Waals surface area (Å²) in [5.74, 6) is -1.18. The first-order valence-electron chi connectivity index (χ1n) is 10.1. The van der Waals surface area contributed by atoms with E-state index < -0.39 is 15.8 Å². The molecule has 0 aromatic heterocycles. The lowest BCUT2D eigenvalue weighted by Crippen LogP contribution is -2.39. The number of sulfone groups is 1. The van der Waals surface area contributed by atoms with Gasteiger partial charge in [0.15, 0.2) is 16.4 Å². The number of esters is 1. The first kappa shape index (κ1) is 21.8. The van der Waals surface area contributed by atoms with Gasteiger partial charge in [0.2, 0.25) is 0 Å². The minimum Gasteiger partial charge on any atom is -0.456 e. The zero-order chi connectivity index (χ0) is 21.4. The zero-order valence-corrected chi connectivity index (χ0v) is 18.5. The van der Waals surface area contributed by atoms with Crippen molar-refractivity contribution in [3.05, 3.63) is 29.8 Å². The predicted octanol–water partition coefficient (Wildman–Crippen LogP) is 3.13. The summed E-state index contributed by atoms with van der Waals surface area (Å²) in [5.41, 5.74) is 1.28. The summed E-state index contributed by atoms with van der Waals surface area (Å²) in [4.78, 5) is 26.7. The van der Waals surface area contributed by atoms with Gasteiger partial charge in [-0.2, -0.15) is 0 Å². The molecule has 1 aromatic rings. The lowest BCUT2D eigenvalue weighted by Gasteiger charge is -2.39. The molecule has 1 aliphatic heterocycles. The molecule has 160 valence electrons. The zero-order valence-electron chi connectivity index (χ0n) is 17.7. The van der Waals surface area contributed by atoms with Crippen LogP contribution in [0.5, 0.6) is 0 Å². The highest BCUT2D eigenvalue weighted by Gasteiger charge is 2.50. The summed E-state index contributed by atoms with van der Waals surface area (Å²) in [5, 5.41) is 0. The van der Waals surface area contributed by atoms with Crippen molar-refractivity contribution >= 4 is 21.7 Å². The third-order valence-electron chi connectivity index (χ3n) is 6.05. The van der Waals surface area contributed by atoms with Crippen LogP contribution < -0.4 is 0 Å². The Morgan fingerprint density at radius 1 is 1.14 bits per heavy atom. The Kier molecular flexibility index (Phi) is 5.82. The molecule has 2 atom stereocenters. The minimum atomic E-state index is -3.56. The highest BCUT2D eigenvalue weighted by atomic mass is 32.2. The molecule has 0 N–H and O–H groups in total. The maximum absolute atomic E-state index is 12.6. The van der Waals surface area contributed by atoms with Crippen LogP contribution in [0.25, 0.3) is 0 Å². The molecule has 0 spiro atoms. The molecule has 1 heterocycles. The van der Waals surface area contributed by atoms with Gasteiger partial charge in [-0.3, -0.25) is 9.59 Å². The number of ether oxygens (including phenoxy) is 1. The molecule has 1 amide bonds. The van der Waals surface area contributed by atoms with Gasteiger partial charge in [0.1, 0.15) is 0 Å². The molecular weight excluding hydrogens is 390 g/mol. The van der Waals surface area contributed by atoms with Gasteiger partial charge in [-0.05, 0) is 49.1 Å². The number of nitrogens with zero attached hydrogens (tertiary/aromatic N) is 1. The molecule has 3 rings (SSSR count). The van der Waals surface area contributed by atoms with Crippen molar-refractivity contribution in [2.45, 2.75) is 64.3 Å². The average molecular weight is 422 g/mol. The van der Waals surface area contributed by atoms with Crippen molar-refractivity contribution in [1.82, 2.24) is 4.90 Å². The Balaban J connectivity index is 1.50. The van der Waals surface area contributed by atoms with E-state index in [4.69, 9.17) is 4.74 Å². The third-order valence-corrected chi connectivity index (χ3v) is 7.78. The second-order valence-electron chi connectivity index (χ2n) is 9.78. The van der Waals surface area contributed by atoms with E-state index in [1.165, 1.54) is 12.1 Å². The Morgan fingerprint density at radius 2 is 1.79 bits per heavy atom. The van der Waals surface area contributed by atoms with E-state index in [1.54, 1.807) is 12.1 Å². The number of carbonyl (C=O) groups is 2. The van der Waals surface area contributed by atoms with E-state index in [9.17, 15) is 18.0 Å². The molecule has 29 heavy (non-hydrogen) atoms. The number of carbonyl (C=O) groups excluding carboxylic acids is 2. The van der Waals surface area contributed by atoms with Crippen LogP contribution in [0.3, 0.4) is 0 Å². The Morgan fingerprint density at radius 3 is 2.45 bits per heavy atom. The molecule has 0 unspecified atom stereocenters. The van der Waals surface area contributed by atoms with Crippen molar-refractivity contribution in [2.24, 2.45) is 10.8 Å². The average Bonchev–Trinajstić information content (AvgIpc) is 2.87. The van der Waals surface area contributed by atoms with Gasteiger partial charge in [-0.25, -0.2) is 8.42 Å². The van der Waals surface area contributed by atoms with Gasteiger partial charge < -0.3 is 9.64 Å². The topological polar surface area (TPSA) is 80.7 Å². The van der Waals surface area contributed by atoms with Crippen molar-refractivity contribution in [3.63, 3.8) is 0 Å². The fourth-order valence-electron chi connectivity index (χ4n) is 5.13. The van der Waals surface area contributed by atoms with Crippen LogP contribution in [0, 0.1) is 17.8 Å². The maximum Gasteiger partial charge on any atom is 0.307 e. The van der Waals surface area contributed by atoms with Crippen LogP contribution in [0.1, 0.15) is 52.0 Å². The summed E-state index contributed by atoms with van der Waals surface area (Å²) < 4.78 is 29.8. The molecule has 1 aliphatic carbocycles. The smallest absolute Gasteiger partial charge is 0.307 e. The molecule has 1 saturated carbocycles. The van der Waals surface area contributed by atoms with Gasteiger partial charge in [-0.15, -0.1) is 0 Å². The normalized spacial score (nSPS) is 25.7. The quantitative estimate of drug-likeness (QED) is 0.659. The monoisotopic (exact) mass is 421 g/mol. The lowest BCUT2D eigenvalue weighted by atomic mass is 9.65. The summed E-state index contributed by atoms with van der Waals surface area (Å²) in [6, 6.07) is 6.70. The van der Waals surface area contributed by atoms with Crippen LogP contribution in [0.15, 0.2) is 29.2 Å². The third kappa shape index (κ3) is 5.18. The summed E-state index contributed by atoms with van der Waals surface area (Å²) in [6.07, 6.45) is 2.76. The molecule has 2 aliphatic rings. The molecule has 7 heteroatoms. The van der Waals surface area contributed by atoms with E-state index in [0.29, 0.717) is 6.54 Å². The number of aryl methyl sites for hydroxylation is 1. The molecule has 2 fully saturated rings. The van der Waals surface area contributed by atoms with Crippen LogP contribution >= 0.6 is 0 Å². The number of fused-ring (bicyclic) bond motifs is 2. The second kappa shape index (κ2) is 7.74. The molecule has 1 aromatic carbocycles. The first-order chi connectivity index (χ1) is 13.4. The standard InChI is InChI=1S/C22H31NO5S/c1-16-5-7-18(8-6-16)29(26,27)10-9-20(25)28-13-19(24)23-15-22(4)12-17(23)11-21(2,3)14-22/h5-8,17H,9-15H2,1-4H3/t17-,22-/m0/s1. The van der Waals surface area contributed by atoms with E-state index in [-0.39, 0.29) is 46.5 Å². The van der Waals surface area contributed by atoms with E-state index in [0.717, 1.165) is 24.8 Å². The number of likely N-dealkylation sites (tertiary alicyclic amines) is 1. The van der Waals surface area contributed by atoms with Crippen molar-refractivity contribution in [2.75, 3.05) is 18.9 Å². The van der Waals surface area contributed by atoms with Gasteiger partial charge in [0.05, 0.1) is 17.1 Å². The Bertz CT molecular complexity index is 890. The highest BCUT2D eigenvalue weighted by Crippen LogP contribution is 2.52. The second-order valence-corrected chi connectivity index (χ2v) is 11.9. The Labute approximate surface area is 173 Å². The van der Waals surface area contributed by atoms with Gasteiger partial charge in [0, 0.05) is 12.6 Å². The fraction of sp³-hybridized carbons (Fsp3) is 0.636. The summed E-state index contributed by atoms with van der Waals surface area (Å²) in [6.45, 7) is 8.94. The largest absolute Gasteiger partial charge is 0.456 e. The molecule has 1 saturated heterocycles. The van der Waals surface area contributed by atoms with Crippen LogP contribution in [0.2, 0.25) is 0 Å². The van der Waals surface area contributed by atoms with Gasteiger partial charge in [0.25, 0.3) is 5.91 Å². The number of rotatable bonds is 6. The minimum absolute atomic E-state index is 0.119. The number of amides is 1. The van der Waals surface area contributed by atoms with Crippen molar-refractivity contribution < 1.29 is 22.7 Å². The fourth-order valence-corrected chi connectivity index (χ4v) is 6.35. The van der Waals surface area contributed by atoms with Crippen LogP contribution in [-0.4, -0.2) is 50.1 Å². The molecule has 6 nitrogen and oxygen atoms in total. The molecule has 2 bridgehead atoms. The number of hydrogen-bond donors (Lipinski definition) is 0. The number of hydrogen-bond acceptors (Lipinski definition) is 5. The van der Waals surface area contributed by atoms with Gasteiger partial charge in [-0.1, -0.05) is 38.5 Å². The molecular formula is C22H31NO5S. The predicted molar refractivity (Wildman–Crippen MR) is 110 cm³/mol. The first-order valence-corrected chi connectivity index (χ1v) is 11.8. The number of benzene rings is 1. The summed E-state index contributed by atoms with van der Waals surface area (Å²) >= 11 is 0.